The van der Waals surface area contributed by atoms with E-state index < -0.39 is 0 Å². The van der Waals surface area contributed by atoms with Gasteiger partial charge in [0, 0.05) is 0 Å². The van der Waals surface area contributed by atoms with Crippen LogP contribution in [0, 0.1) is 5.92 Å². The molecule has 18 heavy (non-hydrogen) atoms. The Labute approximate surface area is 114 Å². The molecule has 0 aromatic carbocycles. The zero-order chi connectivity index (χ0) is 12.9. The first-order chi connectivity index (χ1) is 8.93. The molecule has 2 heteroatoms. The Morgan fingerprint density at radius 3 is 2.56 bits per heavy atom. The molecule has 0 bridgehead atoms. The van der Waals surface area contributed by atoms with E-state index in [0.29, 0.717) is 0 Å². The summed E-state index contributed by atoms with van der Waals surface area (Å²) >= 11 is 0. The number of rotatable bonds is 11. The molecule has 2 N–H and O–H groups in total. The first kappa shape index (κ1) is 16.0. The largest absolute Gasteiger partial charge is 0.317 e. The van der Waals surface area contributed by atoms with Crippen molar-refractivity contribution in [1.29, 1.82) is 0 Å². The van der Waals surface area contributed by atoms with Crippen LogP contribution < -0.4 is 10.6 Å². The van der Waals surface area contributed by atoms with Crippen molar-refractivity contribution in [2.45, 2.75) is 71.1 Å². The molecule has 0 spiro atoms. The van der Waals surface area contributed by atoms with Gasteiger partial charge in [0.25, 0.3) is 0 Å². The van der Waals surface area contributed by atoms with E-state index in [4.69, 9.17) is 0 Å². The minimum Gasteiger partial charge on any atom is -0.317 e. The van der Waals surface area contributed by atoms with Crippen molar-refractivity contribution >= 4 is 0 Å². The second kappa shape index (κ2) is 12.0. The van der Waals surface area contributed by atoms with Gasteiger partial charge in [0.05, 0.1) is 0 Å². The van der Waals surface area contributed by atoms with Crippen LogP contribution in [-0.4, -0.2) is 26.2 Å². The molecule has 1 aliphatic rings. The number of hydrogen-bond acceptors (Lipinski definition) is 2. The maximum Gasteiger partial charge on any atom is -0.00205 e. The number of unbranched alkanes of at least 4 members (excludes halogenated alkanes) is 5. The fourth-order valence-electron chi connectivity index (χ4n) is 2.84. The Kier molecular flexibility index (Phi) is 10.6. The topological polar surface area (TPSA) is 24.1 Å². The molecule has 1 aliphatic heterocycles. The monoisotopic (exact) mass is 254 g/mol. The highest BCUT2D eigenvalue weighted by Crippen LogP contribution is 2.15. The first-order valence-corrected chi connectivity index (χ1v) is 8.35. The van der Waals surface area contributed by atoms with Crippen LogP contribution >= 0.6 is 0 Å². The highest BCUT2D eigenvalue weighted by atomic mass is 14.9. The number of piperidine rings is 1. The molecule has 1 atom stereocenters. The second-order valence-electron chi connectivity index (χ2n) is 5.87. The third kappa shape index (κ3) is 8.93. The summed E-state index contributed by atoms with van der Waals surface area (Å²) in [7, 11) is 0. The molecule has 108 valence electrons. The Morgan fingerprint density at radius 1 is 1.00 bits per heavy atom. The van der Waals surface area contributed by atoms with Gasteiger partial charge in [0.2, 0.25) is 0 Å². The molecule has 1 heterocycles. The summed E-state index contributed by atoms with van der Waals surface area (Å²) in [5, 5.41) is 7.10. The highest BCUT2D eigenvalue weighted by Gasteiger charge is 2.11. The van der Waals surface area contributed by atoms with Gasteiger partial charge in [0.15, 0.2) is 0 Å². The summed E-state index contributed by atoms with van der Waals surface area (Å²) in [6.07, 6.45) is 14.0. The summed E-state index contributed by atoms with van der Waals surface area (Å²) in [5.41, 5.74) is 0. The molecule has 1 unspecified atom stereocenters. The zero-order valence-corrected chi connectivity index (χ0v) is 12.5. The van der Waals surface area contributed by atoms with Crippen LogP contribution in [0.4, 0.5) is 0 Å². The van der Waals surface area contributed by atoms with Gasteiger partial charge in [-0.2, -0.15) is 0 Å². The van der Waals surface area contributed by atoms with Gasteiger partial charge >= 0.3 is 0 Å². The van der Waals surface area contributed by atoms with Crippen LogP contribution in [0.25, 0.3) is 0 Å². The quantitative estimate of drug-likeness (QED) is 0.549. The molecule has 0 radical (unpaired) electrons. The summed E-state index contributed by atoms with van der Waals surface area (Å²) in [5.74, 6) is 0.953. The van der Waals surface area contributed by atoms with E-state index in [1.807, 2.05) is 0 Å². The third-order valence-electron chi connectivity index (χ3n) is 4.07. The van der Waals surface area contributed by atoms with Crippen LogP contribution in [0.1, 0.15) is 71.1 Å². The van der Waals surface area contributed by atoms with Crippen molar-refractivity contribution in [2.75, 3.05) is 26.2 Å². The maximum absolute atomic E-state index is 3.60. The average molecular weight is 254 g/mol. The van der Waals surface area contributed by atoms with Gasteiger partial charge in [-0.05, 0) is 64.2 Å². The fraction of sp³-hybridized carbons (Fsp3) is 1.00. The van der Waals surface area contributed by atoms with Crippen molar-refractivity contribution in [2.24, 2.45) is 5.92 Å². The van der Waals surface area contributed by atoms with Gasteiger partial charge in [-0.25, -0.2) is 0 Å². The summed E-state index contributed by atoms with van der Waals surface area (Å²) < 4.78 is 0. The van der Waals surface area contributed by atoms with E-state index in [0.717, 1.165) is 5.92 Å². The Balaban J connectivity index is 1.73. The molecular weight excluding hydrogens is 220 g/mol. The van der Waals surface area contributed by atoms with E-state index in [2.05, 4.69) is 17.6 Å². The Morgan fingerprint density at radius 2 is 1.78 bits per heavy atom. The van der Waals surface area contributed by atoms with E-state index >= 15 is 0 Å². The maximum atomic E-state index is 3.60. The van der Waals surface area contributed by atoms with Gasteiger partial charge in [-0.3, -0.25) is 0 Å². The van der Waals surface area contributed by atoms with E-state index in [1.165, 1.54) is 90.4 Å². The van der Waals surface area contributed by atoms with Gasteiger partial charge in [0.1, 0.15) is 0 Å². The van der Waals surface area contributed by atoms with Gasteiger partial charge in [-0.15, -0.1) is 0 Å². The van der Waals surface area contributed by atoms with Crippen LogP contribution in [-0.2, 0) is 0 Å². The Bertz CT molecular complexity index is 164. The molecule has 0 aromatic rings. The minimum atomic E-state index is 0.953. The number of nitrogens with one attached hydrogen (secondary N) is 2. The van der Waals surface area contributed by atoms with Crippen molar-refractivity contribution in [3.05, 3.63) is 0 Å². The lowest BCUT2D eigenvalue weighted by molar-refractivity contribution is 0.348. The summed E-state index contributed by atoms with van der Waals surface area (Å²) in [4.78, 5) is 0. The van der Waals surface area contributed by atoms with Crippen LogP contribution in [0.3, 0.4) is 0 Å². The van der Waals surface area contributed by atoms with Crippen LogP contribution in [0.5, 0.6) is 0 Å². The lowest BCUT2D eigenvalue weighted by Crippen LogP contribution is -2.30. The minimum absolute atomic E-state index is 0.953. The molecule has 0 amide bonds. The van der Waals surface area contributed by atoms with Crippen molar-refractivity contribution in [1.82, 2.24) is 10.6 Å². The van der Waals surface area contributed by atoms with Crippen LogP contribution in [0.15, 0.2) is 0 Å². The normalized spacial score (nSPS) is 20.2. The van der Waals surface area contributed by atoms with Gasteiger partial charge < -0.3 is 10.6 Å². The summed E-state index contributed by atoms with van der Waals surface area (Å²) in [6.45, 7) is 7.24. The predicted molar refractivity (Wildman–Crippen MR) is 81.1 cm³/mol. The summed E-state index contributed by atoms with van der Waals surface area (Å²) in [6, 6.07) is 0. The molecule has 1 saturated heterocycles. The SMILES string of the molecule is CCCCCCCCNCCCC1CCCNC1. The molecule has 1 fully saturated rings. The third-order valence-corrected chi connectivity index (χ3v) is 4.07. The predicted octanol–water partition coefficient (Wildman–Crippen LogP) is 3.72. The fourth-order valence-corrected chi connectivity index (χ4v) is 2.84. The average Bonchev–Trinajstić information content (AvgIpc) is 2.42. The lowest BCUT2D eigenvalue weighted by Gasteiger charge is -2.22. The molecule has 1 rings (SSSR count). The molecular formula is C16H34N2. The van der Waals surface area contributed by atoms with E-state index in [1.54, 1.807) is 0 Å². The molecule has 2 nitrogen and oxygen atoms in total. The van der Waals surface area contributed by atoms with Gasteiger partial charge in [-0.1, -0.05) is 39.0 Å². The van der Waals surface area contributed by atoms with Crippen molar-refractivity contribution in [3.8, 4) is 0 Å². The Hall–Kier alpha value is -0.0800. The zero-order valence-electron chi connectivity index (χ0n) is 12.5. The first-order valence-electron chi connectivity index (χ1n) is 8.35. The molecule has 0 saturated carbocycles. The van der Waals surface area contributed by atoms with E-state index in [9.17, 15) is 0 Å². The molecule has 0 aromatic heterocycles. The standard InChI is InChI=1S/C16H34N2/c1-2-3-4-5-6-7-12-17-13-8-10-16-11-9-14-18-15-16/h16-18H,2-15H2,1H3. The highest BCUT2D eigenvalue weighted by molar-refractivity contribution is 4.69. The van der Waals surface area contributed by atoms with E-state index in [-0.39, 0.29) is 0 Å². The van der Waals surface area contributed by atoms with Crippen molar-refractivity contribution in [3.63, 3.8) is 0 Å². The smallest absolute Gasteiger partial charge is 0.00205 e. The number of hydrogen-bond donors (Lipinski definition) is 2. The molecule has 0 aliphatic carbocycles. The lowest BCUT2D eigenvalue weighted by atomic mass is 9.95. The van der Waals surface area contributed by atoms with Crippen molar-refractivity contribution < 1.29 is 0 Å². The van der Waals surface area contributed by atoms with Crippen LogP contribution in [0.2, 0.25) is 0 Å². The second-order valence-corrected chi connectivity index (χ2v) is 5.87.